The topological polar surface area (TPSA) is 71.3 Å². The van der Waals surface area contributed by atoms with Crippen molar-refractivity contribution in [2.45, 2.75) is 24.7 Å². The van der Waals surface area contributed by atoms with E-state index in [2.05, 4.69) is 4.99 Å². The van der Waals surface area contributed by atoms with Crippen molar-refractivity contribution in [2.24, 2.45) is 4.99 Å². The van der Waals surface area contributed by atoms with Crippen molar-refractivity contribution in [2.75, 3.05) is 14.2 Å². The molecule has 0 heterocycles. The lowest BCUT2D eigenvalue weighted by Crippen LogP contribution is -2.38. The van der Waals surface area contributed by atoms with Crippen molar-refractivity contribution in [3.63, 3.8) is 0 Å². The number of alkyl halides is 3. The van der Waals surface area contributed by atoms with Crippen LogP contribution < -0.4 is 9.47 Å². The van der Waals surface area contributed by atoms with E-state index in [1.54, 1.807) is 55.5 Å². The molecule has 0 aliphatic carbocycles. The second-order valence-electron chi connectivity index (χ2n) is 7.39. The van der Waals surface area contributed by atoms with E-state index in [1.807, 2.05) is 0 Å². The number of hydrogen-bond donors (Lipinski definition) is 2. The van der Waals surface area contributed by atoms with Crippen molar-refractivity contribution in [1.29, 1.82) is 0 Å². The van der Waals surface area contributed by atoms with Crippen LogP contribution in [0.3, 0.4) is 0 Å². The minimum absolute atomic E-state index is 0.126. The first kappa shape index (κ1) is 24.1. The maximum absolute atomic E-state index is 13.1. The minimum Gasteiger partial charge on any atom is -0.507 e. The average Bonchev–Trinajstić information content (AvgIpc) is 2.81. The van der Waals surface area contributed by atoms with E-state index in [-0.39, 0.29) is 11.3 Å². The zero-order valence-electron chi connectivity index (χ0n) is 18.3. The summed E-state index contributed by atoms with van der Waals surface area (Å²) in [4.78, 5) is 4.34. The monoisotopic (exact) mass is 459 g/mol. The molecule has 33 heavy (non-hydrogen) atoms. The molecule has 0 aliphatic rings. The highest BCUT2D eigenvalue weighted by Crippen LogP contribution is 2.43. The van der Waals surface area contributed by atoms with Gasteiger partial charge in [0.05, 0.1) is 25.8 Å². The minimum atomic E-state index is -4.57. The summed E-state index contributed by atoms with van der Waals surface area (Å²) in [5, 5.41) is 22.1. The normalized spacial score (nSPS) is 13.2. The number of ether oxygens (including phenoxy) is 2. The summed E-state index contributed by atoms with van der Waals surface area (Å²) in [6.45, 7) is 1.61. The van der Waals surface area contributed by atoms with Gasteiger partial charge in [-0.1, -0.05) is 36.4 Å². The van der Waals surface area contributed by atoms with E-state index in [0.717, 1.165) is 24.4 Å². The zero-order chi connectivity index (χ0) is 24.2. The van der Waals surface area contributed by atoms with E-state index in [4.69, 9.17) is 9.47 Å². The molecule has 174 valence electrons. The first-order valence-corrected chi connectivity index (χ1v) is 10.1. The van der Waals surface area contributed by atoms with Crippen LogP contribution in [-0.2, 0) is 11.8 Å². The Morgan fingerprint density at radius 3 is 1.88 bits per heavy atom. The molecular weight excluding hydrogens is 435 g/mol. The van der Waals surface area contributed by atoms with Gasteiger partial charge >= 0.3 is 6.18 Å². The summed E-state index contributed by atoms with van der Waals surface area (Å²) >= 11 is 0. The van der Waals surface area contributed by atoms with Crippen LogP contribution in [0.5, 0.6) is 17.2 Å². The van der Waals surface area contributed by atoms with Crippen LogP contribution >= 0.6 is 0 Å². The number of para-hydroxylation sites is 2. The molecular formula is C25H24F3NO4. The quantitative estimate of drug-likeness (QED) is 0.478. The molecule has 0 radical (unpaired) electrons. The second-order valence-corrected chi connectivity index (χ2v) is 7.39. The van der Waals surface area contributed by atoms with Crippen molar-refractivity contribution < 1.29 is 32.9 Å². The number of aliphatic hydroxyl groups is 1. The molecule has 5 nitrogen and oxygen atoms in total. The third kappa shape index (κ3) is 4.80. The van der Waals surface area contributed by atoms with Crippen LogP contribution in [0, 0.1) is 0 Å². The Hall–Kier alpha value is -3.52. The van der Waals surface area contributed by atoms with Crippen LogP contribution in [0.4, 0.5) is 13.2 Å². The van der Waals surface area contributed by atoms with Gasteiger partial charge in [-0.15, -0.1) is 0 Å². The Bertz CT molecular complexity index is 1100. The number of benzene rings is 3. The molecule has 3 aromatic rings. The lowest BCUT2D eigenvalue weighted by atomic mass is 9.80. The maximum Gasteiger partial charge on any atom is 0.416 e. The molecule has 0 bridgehead atoms. The standard InChI is InChI=1S/C25H24F3NO4/c1-16(29-15-17-14-18(25(26,27)28)12-13-21(17)30)24(31,19-8-4-6-10-22(19)32-2)20-9-5-7-11-23(20)33-3/h4-16,30-31H,1-3H3/t16-/m1/s1. The number of nitrogens with zero attached hydrogens (tertiary/aromatic N) is 1. The smallest absolute Gasteiger partial charge is 0.416 e. The van der Waals surface area contributed by atoms with Gasteiger partial charge < -0.3 is 19.7 Å². The molecule has 0 saturated carbocycles. The summed E-state index contributed by atoms with van der Waals surface area (Å²) < 4.78 is 50.2. The summed E-state index contributed by atoms with van der Waals surface area (Å²) in [5.74, 6) is 0.432. The summed E-state index contributed by atoms with van der Waals surface area (Å²) in [6.07, 6.45) is -3.46. The van der Waals surface area contributed by atoms with Crippen LogP contribution in [0.25, 0.3) is 0 Å². The molecule has 3 aromatic carbocycles. The van der Waals surface area contributed by atoms with Gasteiger partial charge in [0.1, 0.15) is 22.8 Å². The number of rotatable bonds is 7. The van der Waals surface area contributed by atoms with Crippen LogP contribution in [-0.4, -0.2) is 36.7 Å². The summed E-state index contributed by atoms with van der Waals surface area (Å²) in [5.41, 5.74) is -2.02. The number of aliphatic imine (C=N–C) groups is 1. The Kier molecular flexibility index (Phi) is 6.98. The van der Waals surface area contributed by atoms with Crippen LogP contribution in [0.2, 0.25) is 0 Å². The van der Waals surface area contributed by atoms with E-state index in [1.165, 1.54) is 14.2 Å². The Balaban J connectivity index is 2.15. The van der Waals surface area contributed by atoms with Crippen molar-refractivity contribution in [3.8, 4) is 17.2 Å². The lowest BCUT2D eigenvalue weighted by molar-refractivity contribution is -0.137. The van der Waals surface area contributed by atoms with Gasteiger partial charge in [-0.05, 0) is 37.3 Å². The Morgan fingerprint density at radius 1 is 0.879 bits per heavy atom. The molecule has 8 heteroatoms. The number of phenolic OH excluding ortho intramolecular Hbond substituents is 1. The van der Waals surface area contributed by atoms with Gasteiger partial charge in [-0.3, -0.25) is 4.99 Å². The Morgan fingerprint density at radius 2 is 1.39 bits per heavy atom. The molecule has 2 N–H and O–H groups in total. The molecule has 1 atom stereocenters. The Labute approximate surface area is 189 Å². The summed E-state index contributed by atoms with van der Waals surface area (Å²) in [6, 6.07) is 15.3. The van der Waals surface area contributed by atoms with E-state index >= 15 is 0 Å². The molecule has 0 amide bonds. The fourth-order valence-electron chi connectivity index (χ4n) is 3.65. The van der Waals surface area contributed by atoms with E-state index in [9.17, 15) is 23.4 Å². The molecule has 0 spiro atoms. The first-order valence-electron chi connectivity index (χ1n) is 10.1. The molecule has 0 fully saturated rings. The second kappa shape index (κ2) is 9.54. The number of phenols is 1. The van der Waals surface area contributed by atoms with Crippen LogP contribution in [0.15, 0.2) is 71.7 Å². The van der Waals surface area contributed by atoms with Gasteiger partial charge in [0, 0.05) is 22.9 Å². The predicted molar refractivity (Wildman–Crippen MR) is 119 cm³/mol. The number of aromatic hydroxyl groups is 1. The third-order valence-corrected chi connectivity index (χ3v) is 5.43. The van der Waals surface area contributed by atoms with Gasteiger partial charge in [-0.25, -0.2) is 0 Å². The molecule has 0 aliphatic heterocycles. The predicted octanol–water partition coefficient (Wildman–Crippen LogP) is 5.17. The van der Waals surface area contributed by atoms with Gasteiger partial charge in [0.2, 0.25) is 0 Å². The van der Waals surface area contributed by atoms with E-state index < -0.39 is 23.4 Å². The van der Waals surface area contributed by atoms with Gasteiger partial charge in [0.15, 0.2) is 0 Å². The number of hydrogen-bond acceptors (Lipinski definition) is 5. The van der Waals surface area contributed by atoms with Crippen molar-refractivity contribution in [1.82, 2.24) is 0 Å². The fraction of sp³-hybridized carbons (Fsp3) is 0.240. The fourth-order valence-corrected chi connectivity index (χ4v) is 3.65. The van der Waals surface area contributed by atoms with Crippen LogP contribution in [0.1, 0.15) is 29.2 Å². The molecule has 0 aromatic heterocycles. The number of halogens is 3. The molecule has 0 unspecified atom stereocenters. The first-order chi connectivity index (χ1) is 15.6. The lowest BCUT2D eigenvalue weighted by Gasteiger charge is -2.35. The summed E-state index contributed by atoms with van der Waals surface area (Å²) in [7, 11) is 2.94. The molecule has 0 saturated heterocycles. The highest BCUT2D eigenvalue weighted by molar-refractivity contribution is 5.84. The zero-order valence-corrected chi connectivity index (χ0v) is 18.3. The number of methoxy groups -OCH3 is 2. The third-order valence-electron chi connectivity index (χ3n) is 5.43. The maximum atomic E-state index is 13.1. The van der Waals surface area contributed by atoms with Crippen molar-refractivity contribution >= 4 is 6.21 Å². The van der Waals surface area contributed by atoms with E-state index in [0.29, 0.717) is 22.6 Å². The average molecular weight is 459 g/mol. The molecule has 3 rings (SSSR count). The SMILES string of the molecule is COc1ccccc1C(O)(c1ccccc1OC)[C@@H](C)N=Cc1cc(C(F)(F)F)ccc1O. The highest BCUT2D eigenvalue weighted by Gasteiger charge is 2.42. The highest BCUT2D eigenvalue weighted by atomic mass is 19.4. The van der Waals surface area contributed by atoms with Gasteiger partial charge in [-0.2, -0.15) is 13.2 Å². The largest absolute Gasteiger partial charge is 0.507 e. The van der Waals surface area contributed by atoms with Crippen molar-refractivity contribution in [3.05, 3.63) is 89.0 Å². The van der Waals surface area contributed by atoms with Gasteiger partial charge in [0.25, 0.3) is 0 Å².